The first-order chi connectivity index (χ1) is 8.66. The SMILES string of the molecule is O=C(NN=Cc1ccsc1)c1ccc(Cl)c(Cl)c1. The lowest BCUT2D eigenvalue weighted by atomic mass is 10.2. The maximum absolute atomic E-state index is 11.7. The molecule has 0 radical (unpaired) electrons. The van der Waals surface area contributed by atoms with E-state index < -0.39 is 0 Å². The standard InChI is InChI=1S/C12H8Cl2N2OS/c13-10-2-1-9(5-11(10)14)12(17)16-15-6-8-3-4-18-7-8/h1-7H,(H,16,17). The zero-order valence-electron chi connectivity index (χ0n) is 9.06. The first-order valence-corrected chi connectivity index (χ1v) is 6.67. The molecule has 1 amide bonds. The van der Waals surface area contributed by atoms with Gasteiger partial charge in [0.15, 0.2) is 0 Å². The fourth-order valence-electron chi connectivity index (χ4n) is 1.22. The van der Waals surface area contributed by atoms with E-state index in [1.807, 2.05) is 16.8 Å². The van der Waals surface area contributed by atoms with Crippen LogP contribution in [0.5, 0.6) is 0 Å². The molecule has 2 aromatic rings. The summed E-state index contributed by atoms with van der Waals surface area (Å²) in [6, 6.07) is 6.56. The van der Waals surface area contributed by atoms with Crippen LogP contribution in [0.15, 0.2) is 40.1 Å². The third-order valence-corrected chi connectivity index (χ3v) is 3.55. The highest BCUT2D eigenvalue weighted by Crippen LogP contribution is 2.22. The molecule has 0 saturated carbocycles. The zero-order chi connectivity index (χ0) is 13.0. The third-order valence-electron chi connectivity index (χ3n) is 2.10. The monoisotopic (exact) mass is 298 g/mol. The Bertz CT molecular complexity index is 582. The molecule has 0 atom stereocenters. The average Bonchev–Trinajstić information content (AvgIpc) is 2.85. The molecule has 6 heteroatoms. The highest BCUT2D eigenvalue weighted by molar-refractivity contribution is 7.08. The highest BCUT2D eigenvalue weighted by Gasteiger charge is 2.06. The average molecular weight is 299 g/mol. The van der Waals surface area contributed by atoms with Crippen LogP contribution in [0.2, 0.25) is 10.0 Å². The van der Waals surface area contributed by atoms with Crippen LogP contribution >= 0.6 is 34.5 Å². The predicted molar refractivity (Wildman–Crippen MR) is 75.8 cm³/mol. The molecule has 0 unspecified atom stereocenters. The van der Waals surface area contributed by atoms with E-state index in [9.17, 15) is 4.79 Å². The number of hydrogen-bond donors (Lipinski definition) is 1. The normalized spacial score (nSPS) is 10.8. The second kappa shape index (κ2) is 6.00. The van der Waals surface area contributed by atoms with E-state index in [-0.39, 0.29) is 5.91 Å². The van der Waals surface area contributed by atoms with E-state index in [0.717, 1.165) is 5.56 Å². The van der Waals surface area contributed by atoms with Gasteiger partial charge in [-0.3, -0.25) is 4.79 Å². The number of rotatable bonds is 3. The second-order valence-electron chi connectivity index (χ2n) is 3.38. The van der Waals surface area contributed by atoms with E-state index in [0.29, 0.717) is 15.6 Å². The number of nitrogens with one attached hydrogen (secondary N) is 1. The fourth-order valence-corrected chi connectivity index (χ4v) is 2.12. The Morgan fingerprint density at radius 3 is 2.78 bits per heavy atom. The van der Waals surface area contributed by atoms with Crippen LogP contribution < -0.4 is 5.43 Å². The Kier molecular flexibility index (Phi) is 4.36. The Morgan fingerprint density at radius 2 is 2.11 bits per heavy atom. The quantitative estimate of drug-likeness (QED) is 0.679. The van der Waals surface area contributed by atoms with Crippen molar-refractivity contribution in [1.82, 2.24) is 5.43 Å². The molecule has 0 spiro atoms. The molecule has 0 bridgehead atoms. The summed E-state index contributed by atoms with van der Waals surface area (Å²) in [4.78, 5) is 11.7. The van der Waals surface area contributed by atoms with Gasteiger partial charge in [-0.1, -0.05) is 23.2 Å². The number of carbonyl (C=O) groups is 1. The summed E-state index contributed by atoms with van der Waals surface area (Å²) < 4.78 is 0. The van der Waals surface area contributed by atoms with Crippen LogP contribution in [-0.4, -0.2) is 12.1 Å². The van der Waals surface area contributed by atoms with Gasteiger partial charge >= 0.3 is 0 Å². The molecule has 2 rings (SSSR count). The molecule has 0 aliphatic heterocycles. The molecule has 0 aliphatic rings. The lowest BCUT2D eigenvalue weighted by molar-refractivity contribution is 0.0955. The summed E-state index contributed by atoms with van der Waals surface area (Å²) in [5.74, 6) is -0.333. The van der Waals surface area contributed by atoms with Gasteiger partial charge in [0.25, 0.3) is 5.91 Å². The van der Waals surface area contributed by atoms with Gasteiger partial charge in [0.05, 0.1) is 16.3 Å². The van der Waals surface area contributed by atoms with Crippen LogP contribution in [0, 0.1) is 0 Å². The largest absolute Gasteiger partial charge is 0.271 e. The molecule has 0 fully saturated rings. The first kappa shape index (κ1) is 13.1. The van der Waals surface area contributed by atoms with Gasteiger partial charge in [-0.15, -0.1) is 0 Å². The van der Waals surface area contributed by atoms with Crippen molar-refractivity contribution in [2.24, 2.45) is 5.10 Å². The van der Waals surface area contributed by atoms with E-state index in [2.05, 4.69) is 10.5 Å². The molecule has 18 heavy (non-hydrogen) atoms. The third kappa shape index (κ3) is 3.32. The summed E-state index contributed by atoms with van der Waals surface area (Å²) >= 11 is 13.2. The van der Waals surface area contributed by atoms with Crippen LogP contribution in [0.1, 0.15) is 15.9 Å². The van der Waals surface area contributed by atoms with E-state index in [1.54, 1.807) is 29.7 Å². The maximum atomic E-state index is 11.7. The lowest BCUT2D eigenvalue weighted by Gasteiger charge is -2.01. The zero-order valence-corrected chi connectivity index (χ0v) is 11.4. The Balaban J connectivity index is 2.01. The van der Waals surface area contributed by atoms with E-state index in [1.165, 1.54) is 6.07 Å². The van der Waals surface area contributed by atoms with Gasteiger partial charge in [-0.2, -0.15) is 16.4 Å². The molecule has 1 N–H and O–H groups in total. The van der Waals surface area contributed by atoms with Gasteiger partial charge < -0.3 is 0 Å². The minimum absolute atomic E-state index is 0.333. The molecule has 92 valence electrons. The number of thiophene rings is 1. The van der Waals surface area contributed by atoms with Crippen molar-refractivity contribution in [3.8, 4) is 0 Å². The highest BCUT2D eigenvalue weighted by atomic mass is 35.5. The van der Waals surface area contributed by atoms with Crippen LogP contribution in [0.25, 0.3) is 0 Å². The molecule has 1 aromatic heterocycles. The van der Waals surface area contributed by atoms with Crippen molar-refractivity contribution < 1.29 is 4.79 Å². The molecule has 0 saturated heterocycles. The van der Waals surface area contributed by atoms with Crippen LogP contribution in [0.4, 0.5) is 0 Å². The number of hydrazone groups is 1. The number of halogens is 2. The Labute approximate surface area is 118 Å². The molecular weight excluding hydrogens is 291 g/mol. The van der Waals surface area contributed by atoms with Gasteiger partial charge in [0.2, 0.25) is 0 Å². The minimum atomic E-state index is -0.333. The van der Waals surface area contributed by atoms with Crippen molar-refractivity contribution in [1.29, 1.82) is 0 Å². The van der Waals surface area contributed by atoms with Gasteiger partial charge in [-0.25, -0.2) is 5.43 Å². The summed E-state index contributed by atoms with van der Waals surface area (Å²) in [5.41, 5.74) is 3.77. The van der Waals surface area contributed by atoms with E-state index in [4.69, 9.17) is 23.2 Å². The predicted octanol–water partition coefficient (Wildman–Crippen LogP) is 3.82. The molecule has 1 heterocycles. The number of benzene rings is 1. The van der Waals surface area contributed by atoms with Crippen molar-refractivity contribution in [3.05, 3.63) is 56.2 Å². The first-order valence-electron chi connectivity index (χ1n) is 4.97. The minimum Gasteiger partial charge on any atom is -0.267 e. The number of amides is 1. The van der Waals surface area contributed by atoms with Crippen molar-refractivity contribution in [2.45, 2.75) is 0 Å². The number of hydrogen-bond acceptors (Lipinski definition) is 3. The Hall–Kier alpha value is -1.36. The topological polar surface area (TPSA) is 41.5 Å². The van der Waals surface area contributed by atoms with Crippen LogP contribution in [-0.2, 0) is 0 Å². The van der Waals surface area contributed by atoms with Gasteiger partial charge in [0.1, 0.15) is 0 Å². The molecule has 3 nitrogen and oxygen atoms in total. The van der Waals surface area contributed by atoms with Crippen molar-refractivity contribution >= 4 is 46.7 Å². The summed E-state index contributed by atoms with van der Waals surface area (Å²) in [6.07, 6.45) is 1.58. The molecular formula is C12H8Cl2N2OS. The number of nitrogens with zero attached hydrogens (tertiary/aromatic N) is 1. The summed E-state index contributed by atoms with van der Waals surface area (Å²) in [7, 11) is 0. The Morgan fingerprint density at radius 1 is 1.28 bits per heavy atom. The van der Waals surface area contributed by atoms with Crippen molar-refractivity contribution in [3.63, 3.8) is 0 Å². The van der Waals surface area contributed by atoms with Gasteiger partial charge in [0, 0.05) is 11.1 Å². The number of carbonyl (C=O) groups excluding carboxylic acids is 1. The van der Waals surface area contributed by atoms with Crippen molar-refractivity contribution in [2.75, 3.05) is 0 Å². The van der Waals surface area contributed by atoms with Gasteiger partial charge in [-0.05, 0) is 35.0 Å². The molecule has 1 aromatic carbocycles. The molecule has 0 aliphatic carbocycles. The lowest BCUT2D eigenvalue weighted by Crippen LogP contribution is -2.17. The van der Waals surface area contributed by atoms with Crippen LogP contribution in [0.3, 0.4) is 0 Å². The summed E-state index contributed by atoms with van der Waals surface area (Å²) in [6.45, 7) is 0. The maximum Gasteiger partial charge on any atom is 0.271 e. The second-order valence-corrected chi connectivity index (χ2v) is 4.98. The fraction of sp³-hybridized carbons (Fsp3) is 0. The van der Waals surface area contributed by atoms with E-state index >= 15 is 0 Å². The summed E-state index contributed by atoms with van der Waals surface area (Å²) in [5, 5.41) is 8.46. The smallest absolute Gasteiger partial charge is 0.267 e.